The molecule has 0 aliphatic carbocycles. The zero-order chi connectivity index (χ0) is 17.0. The van der Waals surface area contributed by atoms with Crippen molar-refractivity contribution in [3.63, 3.8) is 0 Å². The fourth-order valence-electron chi connectivity index (χ4n) is 2.26. The lowest BCUT2D eigenvalue weighted by atomic mass is 10.2. The largest absolute Gasteiger partial charge is 0.340 e. The SMILES string of the molecule is CCN(CCC#N)C(=O)Cn1ncc2cc([N+](=O)[O-])cc(Cl)c21. The van der Waals surface area contributed by atoms with Crippen molar-refractivity contribution in [2.75, 3.05) is 13.1 Å². The monoisotopic (exact) mass is 335 g/mol. The van der Waals surface area contributed by atoms with Gasteiger partial charge < -0.3 is 4.90 Å². The Kier molecular flexibility index (Phi) is 5.13. The van der Waals surface area contributed by atoms with E-state index in [9.17, 15) is 14.9 Å². The number of benzene rings is 1. The van der Waals surface area contributed by atoms with E-state index in [1.54, 1.807) is 4.90 Å². The molecule has 1 aromatic carbocycles. The van der Waals surface area contributed by atoms with Gasteiger partial charge in [0.2, 0.25) is 5.91 Å². The van der Waals surface area contributed by atoms with Crippen LogP contribution in [0.2, 0.25) is 5.02 Å². The van der Waals surface area contributed by atoms with Gasteiger partial charge in [-0.25, -0.2) is 0 Å². The van der Waals surface area contributed by atoms with Crippen LogP contribution in [0.15, 0.2) is 18.3 Å². The van der Waals surface area contributed by atoms with E-state index in [1.165, 1.54) is 23.0 Å². The molecule has 9 heteroatoms. The first-order valence-corrected chi connectivity index (χ1v) is 7.30. The molecule has 1 aromatic heterocycles. The molecule has 0 aliphatic rings. The first-order valence-electron chi connectivity index (χ1n) is 6.92. The smallest absolute Gasteiger partial charge is 0.271 e. The number of non-ortho nitro benzene ring substituents is 1. The predicted molar refractivity (Wildman–Crippen MR) is 83.9 cm³/mol. The first-order chi connectivity index (χ1) is 11.0. The molecule has 0 aliphatic heterocycles. The second-order valence-corrected chi connectivity index (χ2v) is 5.21. The van der Waals surface area contributed by atoms with Crippen molar-refractivity contribution in [3.8, 4) is 6.07 Å². The summed E-state index contributed by atoms with van der Waals surface area (Å²) in [5, 5.41) is 24.2. The van der Waals surface area contributed by atoms with Crippen LogP contribution < -0.4 is 0 Å². The quantitative estimate of drug-likeness (QED) is 0.595. The number of hydrogen-bond donors (Lipinski definition) is 0. The Labute approximate surface area is 137 Å². The van der Waals surface area contributed by atoms with Crippen molar-refractivity contribution >= 4 is 34.1 Å². The third kappa shape index (κ3) is 3.57. The van der Waals surface area contributed by atoms with Crippen LogP contribution in [-0.4, -0.2) is 38.6 Å². The average Bonchev–Trinajstić information content (AvgIpc) is 2.91. The van der Waals surface area contributed by atoms with Crippen LogP contribution in [0.25, 0.3) is 10.9 Å². The molecule has 120 valence electrons. The molecule has 0 saturated heterocycles. The summed E-state index contributed by atoms with van der Waals surface area (Å²) < 4.78 is 1.42. The molecule has 0 N–H and O–H groups in total. The Morgan fingerprint density at radius 3 is 2.91 bits per heavy atom. The van der Waals surface area contributed by atoms with Gasteiger partial charge in [-0.3, -0.25) is 19.6 Å². The van der Waals surface area contributed by atoms with Crippen molar-refractivity contribution in [2.24, 2.45) is 0 Å². The summed E-state index contributed by atoms with van der Waals surface area (Å²) in [6, 6.07) is 4.60. The molecule has 23 heavy (non-hydrogen) atoms. The van der Waals surface area contributed by atoms with Crippen LogP contribution in [-0.2, 0) is 11.3 Å². The van der Waals surface area contributed by atoms with Gasteiger partial charge in [0.15, 0.2) is 0 Å². The molecule has 2 rings (SSSR count). The Hall–Kier alpha value is -2.66. The van der Waals surface area contributed by atoms with E-state index in [-0.39, 0.29) is 29.6 Å². The molecular formula is C14H14ClN5O3. The van der Waals surface area contributed by atoms with Gasteiger partial charge in [0, 0.05) is 30.6 Å². The van der Waals surface area contributed by atoms with Crippen molar-refractivity contribution < 1.29 is 9.72 Å². The number of nitro benzene ring substituents is 1. The molecule has 0 bridgehead atoms. The molecule has 0 saturated carbocycles. The third-order valence-corrected chi connectivity index (χ3v) is 3.68. The zero-order valence-corrected chi connectivity index (χ0v) is 13.2. The van der Waals surface area contributed by atoms with Crippen LogP contribution >= 0.6 is 11.6 Å². The number of rotatable bonds is 6. The van der Waals surface area contributed by atoms with Crippen molar-refractivity contribution in [1.29, 1.82) is 5.26 Å². The summed E-state index contributed by atoms with van der Waals surface area (Å²) in [5.74, 6) is -0.192. The van der Waals surface area contributed by atoms with Crippen molar-refractivity contribution in [2.45, 2.75) is 19.9 Å². The summed E-state index contributed by atoms with van der Waals surface area (Å²) in [7, 11) is 0. The van der Waals surface area contributed by atoms with Crippen LogP contribution in [0.5, 0.6) is 0 Å². The van der Waals surface area contributed by atoms with Crippen molar-refractivity contribution in [1.82, 2.24) is 14.7 Å². The predicted octanol–water partition coefficient (Wildman–Crippen LogP) is 2.36. The lowest BCUT2D eigenvalue weighted by Gasteiger charge is -2.19. The van der Waals surface area contributed by atoms with Crippen LogP contribution in [0.3, 0.4) is 0 Å². The molecular weight excluding hydrogens is 322 g/mol. The van der Waals surface area contributed by atoms with E-state index >= 15 is 0 Å². The molecule has 0 spiro atoms. The molecule has 8 nitrogen and oxygen atoms in total. The summed E-state index contributed by atoms with van der Waals surface area (Å²) in [6.07, 6.45) is 1.69. The van der Waals surface area contributed by atoms with E-state index in [2.05, 4.69) is 5.10 Å². The topological polar surface area (TPSA) is 105 Å². The van der Waals surface area contributed by atoms with Gasteiger partial charge in [-0.15, -0.1) is 0 Å². The second-order valence-electron chi connectivity index (χ2n) is 4.81. The number of amides is 1. The Morgan fingerprint density at radius 2 is 2.30 bits per heavy atom. The van der Waals surface area contributed by atoms with E-state index in [0.29, 0.717) is 24.0 Å². The highest BCUT2D eigenvalue weighted by molar-refractivity contribution is 6.35. The minimum atomic E-state index is -0.533. The lowest BCUT2D eigenvalue weighted by molar-refractivity contribution is -0.384. The van der Waals surface area contributed by atoms with Gasteiger partial charge in [-0.05, 0) is 6.92 Å². The number of carbonyl (C=O) groups excluding carboxylic acids is 1. The maximum atomic E-state index is 12.3. The van der Waals surface area contributed by atoms with Gasteiger partial charge >= 0.3 is 0 Å². The standard InChI is InChI=1S/C14H14ClN5O3/c1-2-18(5-3-4-16)13(21)9-19-14-10(8-17-19)6-11(20(22)23)7-12(14)15/h6-8H,2-3,5,9H2,1H3. The Bertz CT molecular complexity index is 796. The first kappa shape index (κ1) is 16.7. The maximum Gasteiger partial charge on any atom is 0.271 e. The highest BCUT2D eigenvalue weighted by atomic mass is 35.5. The van der Waals surface area contributed by atoms with E-state index < -0.39 is 4.92 Å². The van der Waals surface area contributed by atoms with Gasteiger partial charge in [-0.1, -0.05) is 11.6 Å². The molecule has 2 aromatic rings. The van der Waals surface area contributed by atoms with Gasteiger partial charge in [0.1, 0.15) is 6.54 Å². The van der Waals surface area contributed by atoms with Crippen LogP contribution in [0.1, 0.15) is 13.3 Å². The highest BCUT2D eigenvalue weighted by Gasteiger charge is 2.18. The third-order valence-electron chi connectivity index (χ3n) is 3.40. The van der Waals surface area contributed by atoms with Crippen LogP contribution in [0, 0.1) is 21.4 Å². The molecule has 1 amide bonds. The zero-order valence-electron chi connectivity index (χ0n) is 12.4. The minimum absolute atomic E-state index is 0.0414. The minimum Gasteiger partial charge on any atom is -0.340 e. The summed E-state index contributed by atoms with van der Waals surface area (Å²) in [6.45, 7) is 2.62. The molecule has 1 heterocycles. The Balaban J connectivity index is 2.29. The maximum absolute atomic E-state index is 12.3. The van der Waals surface area contributed by atoms with Gasteiger partial charge in [-0.2, -0.15) is 10.4 Å². The average molecular weight is 336 g/mol. The number of aromatic nitrogens is 2. The van der Waals surface area contributed by atoms with Gasteiger partial charge in [0.25, 0.3) is 5.69 Å². The normalized spacial score (nSPS) is 10.5. The van der Waals surface area contributed by atoms with E-state index in [0.717, 1.165) is 0 Å². The Morgan fingerprint density at radius 1 is 1.57 bits per heavy atom. The summed E-state index contributed by atoms with van der Waals surface area (Å²) in [4.78, 5) is 24.1. The van der Waals surface area contributed by atoms with Crippen LogP contribution in [0.4, 0.5) is 5.69 Å². The summed E-state index contributed by atoms with van der Waals surface area (Å²) in [5.41, 5.74) is 0.347. The number of likely N-dealkylation sites (N-methyl/N-ethyl adjacent to an activating group) is 1. The number of halogens is 1. The molecule has 0 fully saturated rings. The molecule has 0 radical (unpaired) electrons. The van der Waals surface area contributed by atoms with E-state index in [1.807, 2.05) is 13.0 Å². The van der Waals surface area contributed by atoms with Crippen molar-refractivity contribution in [3.05, 3.63) is 33.5 Å². The fourth-order valence-corrected chi connectivity index (χ4v) is 2.58. The van der Waals surface area contributed by atoms with Gasteiger partial charge in [0.05, 0.1) is 34.1 Å². The number of fused-ring (bicyclic) bond motifs is 1. The number of nitriles is 1. The highest BCUT2D eigenvalue weighted by Crippen LogP contribution is 2.29. The second kappa shape index (κ2) is 7.07. The van der Waals surface area contributed by atoms with E-state index in [4.69, 9.17) is 16.9 Å². The number of nitro groups is 1. The summed E-state index contributed by atoms with van der Waals surface area (Å²) >= 11 is 6.10. The lowest BCUT2D eigenvalue weighted by Crippen LogP contribution is -2.34. The molecule has 0 unspecified atom stereocenters. The fraction of sp³-hybridized carbons (Fsp3) is 0.357. The number of nitrogens with zero attached hydrogens (tertiary/aromatic N) is 5. The molecule has 0 atom stereocenters. The number of hydrogen-bond acceptors (Lipinski definition) is 5. The number of carbonyl (C=O) groups is 1.